The average Bonchev–Trinajstić information content (AvgIpc) is 2.93. The first-order valence-corrected chi connectivity index (χ1v) is 5.76. The second-order valence-corrected chi connectivity index (χ2v) is 3.81. The highest BCUT2D eigenvalue weighted by Crippen LogP contribution is 2.00. The normalized spacial score (nSPS) is 11.4. The number of nitrogens with zero attached hydrogens (tertiary/aromatic N) is 1. The Morgan fingerprint density at radius 1 is 1.50 bits per heavy atom. The van der Waals surface area contributed by atoms with Crippen LogP contribution in [0.25, 0.3) is 0 Å². The third kappa shape index (κ3) is 5.38. The van der Waals surface area contributed by atoms with Gasteiger partial charge >= 0.3 is 18.0 Å². The van der Waals surface area contributed by atoms with Crippen molar-refractivity contribution < 1.29 is 28.8 Å². The minimum absolute atomic E-state index is 0.0578. The number of hydrogen-bond donors (Lipinski definition) is 3. The minimum atomic E-state index is -1.23. The van der Waals surface area contributed by atoms with E-state index in [1.807, 2.05) is 0 Å². The molecule has 1 rings (SSSR count). The fourth-order valence-electron chi connectivity index (χ4n) is 1.33. The number of hydrogen-bond acceptors (Lipinski definition) is 6. The lowest BCUT2D eigenvalue weighted by Gasteiger charge is -2.14. The molecule has 1 aromatic rings. The molecule has 0 radical (unpaired) electrons. The SMILES string of the molecule is COC(=O)CC[C@@H](NC(=O)NCc1ccno1)C(=O)O. The van der Waals surface area contributed by atoms with Crippen molar-refractivity contribution in [1.82, 2.24) is 15.8 Å². The number of carbonyl (C=O) groups is 3. The summed E-state index contributed by atoms with van der Waals surface area (Å²) in [7, 11) is 1.20. The zero-order chi connectivity index (χ0) is 15.0. The van der Waals surface area contributed by atoms with Crippen LogP contribution in [0.3, 0.4) is 0 Å². The van der Waals surface area contributed by atoms with E-state index in [2.05, 4.69) is 20.5 Å². The highest BCUT2D eigenvalue weighted by molar-refractivity contribution is 5.83. The van der Waals surface area contributed by atoms with Gasteiger partial charge in [-0.05, 0) is 6.42 Å². The first-order valence-electron chi connectivity index (χ1n) is 5.76. The number of nitrogens with one attached hydrogen (secondary N) is 2. The van der Waals surface area contributed by atoms with E-state index in [1.54, 1.807) is 6.07 Å². The Morgan fingerprint density at radius 3 is 2.80 bits per heavy atom. The molecule has 9 heteroatoms. The van der Waals surface area contributed by atoms with Crippen molar-refractivity contribution in [3.05, 3.63) is 18.0 Å². The van der Waals surface area contributed by atoms with Crippen LogP contribution < -0.4 is 10.6 Å². The van der Waals surface area contributed by atoms with Crippen LogP contribution >= 0.6 is 0 Å². The molecule has 0 aliphatic rings. The molecule has 0 aliphatic carbocycles. The third-order valence-electron chi connectivity index (χ3n) is 2.38. The Balaban J connectivity index is 2.38. The molecule has 0 saturated heterocycles. The number of carboxylic acids is 1. The van der Waals surface area contributed by atoms with Gasteiger partial charge in [0.05, 0.1) is 19.9 Å². The van der Waals surface area contributed by atoms with E-state index < -0.39 is 24.0 Å². The Morgan fingerprint density at radius 2 is 2.25 bits per heavy atom. The van der Waals surface area contributed by atoms with E-state index in [1.165, 1.54) is 13.3 Å². The summed E-state index contributed by atoms with van der Waals surface area (Å²) < 4.78 is 9.16. The number of amides is 2. The lowest BCUT2D eigenvalue weighted by Crippen LogP contribution is -2.46. The molecule has 0 unspecified atom stereocenters. The molecule has 3 N–H and O–H groups in total. The number of aliphatic carboxylic acids is 1. The molecule has 1 aromatic heterocycles. The maximum Gasteiger partial charge on any atom is 0.326 e. The van der Waals surface area contributed by atoms with Crippen molar-refractivity contribution in [3.8, 4) is 0 Å². The first-order chi connectivity index (χ1) is 9.52. The summed E-state index contributed by atoms with van der Waals surface area (Å²) in [6.45, 7) is 0.0785. The molecule has 0 aliphatic heterocycles. The van der Waals surface area contributed by atoms with Gasteiger partial charge in [-0.3, -0.25) is 4.79 Å². The van der Waals surface area contributed by atoms with Gasteiger partial charge in [-0.25, -0.2) is 9.59 Å². The van der Waals surface area contributed by atoms with Crippen molar-refractivity contribution in [2.24, 2.45) is 0 Å². The van der Waals surface area contributed by atoms with Gasteiger partial charge in [0, 0.05) is 12.5 Å². The molecule has 0 bridgehead atoms. The van der Waals surface area contributed by atoms with E-state index >= 15 is 0 Å². The Labute approximate surface area is 114 Å². The van der Waals surface area contributed by atoms with Gasteiger partial charge in [-0.2, -0.15) is 0 Å². The van der Waals surface area contributed by atoms with E-state index in [-0.39, 0.29) is 19.4 Å². The molecule has 2 amide bonds. The van der Waals surface area contributed by atoms with Crippen LogP contribution in [0.5, 0.6) is 0 Å². The van der Waals surface area contributed by atoms with Gasteiger partial charge in [-0.15, -0.1) is 0 Å². The van der Waals surface area contributed by atoms with Crippen molar-refractivity contribution in [2.45, 2.75) is 25.4 Å². The minimum Gasteiger partial charge on any atom is -0.480 e. The van der Waals surface area contributed by atoms with Gasteiger partial charge in [0.2, 0.25) is 0 Å². The fourth-order valence-corrected chi connectivity index (χ4v) is 1.33. The number of aromatic nitrogens is 1. The second-order valence-electron chi connectivity index (χ2n) is 3.81. The van der Waals surface area contributed by atoms with Crippen LogP contribution in [-0.4, -0.2) is 41.4 Å². The summed E-state index contributed by atoms with van der Waals surface area (Å²) in [4.78, 5) is 33.4. The van der Waals surface area contributed by atoms with E-state index in [0.717, 1.165) is 0 Å². The number of methoxy groups -OCH3 is 1. The summed E-state index contributed by atoms with van der Waals surface area (Å²) in [5, 5.41) is 17.0. The lowest BCUT2D eigenvalue weighted by atomic mass is 10.1. The van der Waals surface area contributed by atoms with Gasteiger partial charge in [0.1, 0.15) is 6.04 Å². The molecule has 9 nitrogen and oxygen atoms in total. The van der Waals surface area contributed by atoms with Gasteiger partial charge in [0.25, 0.3) is 0 Å². The van der Waals surface area contributed by atoms with E-state index in [4.69, 9.17) is 9.63 Å². The van der Waals surface area contributed by atoms with Crippen LogP contribution in [0, 0.1) is 0 Å². The summed E-state index contributed by atoms with van der Waals surface area (Å²) in [5.74, 6) is -1.34. The number of esters is 1. The van der Waals surface area contributed by atoms with Gasteiger partial charge < -0.3 is 25.0 Å². The molecule has 20 heavy (non-hydrogen) atoms. The highest BCUT2D eigenvalue weighted by atomic mass is 16.5. The topological polar surface area (TPSA) is 131 Å². The van der Waals surface area contributed by atoms with Crippen LogP contribution in [0.1, 0.15) is 18.6 Å². The maximum atomic E-state index is 11.5. The zero-order valence-electron chi connectivity index (χ0n) is 10.8. The number of rotatable bonds is 7. The fraction of sp³-hybridized carbons (Fsp3) is 0.455. The molecule has 0 saturated carbocycles. The Bertz CT molecular complexity index is 459. The average molecular weight is 285 g/mol. The van der Waals surface area contributed by atoms with E-state index in [0.29, 0.717) is 5.76 Å². The molecule has 1 atom stereocenters. The third-order valence-corrected chi connectivity index (χ3v) is 2.38. The Hall–Kier alpha value is -2.58. The summed E-state index contributed by atoms with van der Waals surface area (Å²) in [5.41, 5.74) is 0. The lowest BCUT2D eigenvalue weighted by molar-refractivity contribution is -0.142. The second kappa shape index (κ2) is 7.77. The van der Waals surface area contributed by atoms with Gasteiger partial charge in [0.15, 0.2) is 5.76 Å². The summed E-state index contributed by atoms with van der Waals surface area (Å²) in [6, 6.07) is -0.297. The van der Waals surface area contributed by atoms with E-state index in [9.17, 15) is 14.4 Å². The standard InChI is InChI=1S/C11H15N3O6/c1-19-9(15)3-2-8(10(16)17)14-11(18)12-6-7-4-5-13-20-7/h4-5,8H,2-3,6H2,1H3,(H,16,17)(H2,12,14,18)/t8-/m1/s1. The quantitative estimate of drug-likeness (QED) is 0.595. The monoisotopic (exact) mass is 285 g/mol. The smallest absolute Gasteiger partial charge is 0.326 e. The predicted molar refractivity (Wildman–Crippen MR) is 64.5 cm³/mol. The molecular formula is C11H15N3O6. The van der Waals surface area contributed by atoms with Crippen molar-refractivity contribution >= 4 is 18.0 Å². The highest BCUT2D eigenvalue weighted by Gasteiger charge is 2.21. The number of ether oxygens (including phenoxy) is 1. The number of carboxylic acid groups (broad SMARTS) is 1. The molecule has 0 aromatic carbocycles. The zero-order valence-corrected chi connectivity index (χ0v) is 10.8. The molecule has 1 heterocycles. The number of urea groups is 1. The largest absolute Gasteiger partial charge is 0.480 e. The van der Waals surface area contributed by atoms with Gasteiger partial charge in [-0.1, -0.05) is 5.16 Å². The molecule has 0 fully saturated rings. The summed E-state index contributed by atoms with van der Waals surface area (Å²) >= 11 is 0. The maximum absolute atomic E-state index is 11.5. The van der Waals surface area contributed by atoms with Crippen molar-refractivity contribution in [2.75, 3.05) is 7.11 Å². The van der Waals surface area contributed by atoms with Crippen LogP contribution in [0.2, 0.25) is 0 Å². The summed E-state index contributed by atoms with van der Waals surface area (Å²) in [6.07, 6.45) is 1.26. The van der Waals surface area contributed by atoms with Crippen molar-refractivity contribution in [3.63, 3.8) is 0 Å². The first kappa shape index (κ1) is 15.5. The molecule has 110 valence electrons. The predicted octanol–water partition coefficient (Wildman–Crippen LogP) is -0.120. The Kier molecular flexibility index (Phi) is 6.01. The van der Waals surface area contributed by atoms with Crippen molar-refractivity contribution in [1.29, 1.82) is 0 Å². The van der Waals surface area contributed by atoms with Crippen LogP contribution in [0.15, 0.2) is 16.8 Å². The van der Waals surface area contributed by atoms with Crippen LogP contribution in [-0.2, 0) is 20.9 Å². The van der Waals surface area contributed by atoms with Crippen LogP contribution in [0.4, 0.5) is 4.79 Å². The molecular weight excluding hydrogens is 270 g/mol. The number of carbonyl (C=O) groups excluding carboxylic acids is 2. The molecule has 0 spiro atoms.